The zero-order chi connectivity index (χ0) is 19.6. The fraction of sp³-hybridized carbons (Fsp3) is 0.857. The first kappa shape index (κ1) is 23.4. The molecule has 0 aromatic rings. The minimum atomic E-state index is 0.568. The van der Waals surface area contributed by atoms with Crippen LogP contribution in [-0.4, -0.2) is 52.5 Å². The molecule has 0 unspecified atom stereocenters. The predicted molar refractivity (Wildman–Crippen MR) is 113 cm³/mol. The largest absolute Gasteiger partial charge is 0.624 e. The Morgan fingerprint density at radius 3 is 0.926 bits per heavy atom. The highest BCUT2D eigenvalue weighted by Crippen LogP contribution is 2.05. The maximum absolute atomic E-state index is 11.7. The molecule has 0 aliphatic carbocycles. The van der Waals surface area contributed by atoms with Crippen molar-refractivity contribution in [3.8, 4) is 0 Å². The fourth-order valence-electron chi connectivity index (χ4n) is 3.28. The van der Waals surface area contributed by atoms with Crippen LogP contribution in [0.3, 0.4) is 0 Å². The molecule has 0 aromatic heterocycles. The molecule has 6 nitrogen and oxygen atoms in total. The monoisotopic (exact) mass is 381 g/mol. The van der Waals surface area contributed by atoms with E-state index in [0.29, 0.717) is 19.6 Å². The van der Waals surface area contributed by atoms with Gasteiger partial charge in [-0.1, -0.05) is 19.3 Å². The molecular weight excluding hydrogens is 342 g/mol. The van der Waals surface area contributed by atoms with Gasteiger partial charge in [0.15, 0.2) is 38.3 Å². The Balaban J connectivity index is 2.34. The minimum Gasteiger partial charge on any atom is -0.624 e. The molecule has 0 fully saturated rings. The van der Waals surface area contributed by atoms with E-state index in [1.807, 2.05) is 0 Å². The summed E-state index contributed by atoms with van der Waals surface area (Å²) >= 11 is 0. The predicted octanol–water partition coefficient (Wildman–Crippen LogP) is 4.59. The van der Waals surface area contributed by atoms with E-state index in [4.69, 9.17) is 0 Å². The summed E-state index contributed by atoms with van der Waals surface area (Å²) in [6.45, 7) is 1.70. The van der Waals surface area contributed by atoms with Crippen molar-refractivity contribution in [2.75, 3.05) is 19.6 Å². The summed E-state index contributed by atoms with van der Waals surface area (Å²) < 4.78 is 3.20. The Labute approximate surface area is 165 Å². The molecule has 6 heteroatoms. The topological polar surface area (TPSA) is 78.2 Å². The molecule has 0 radical (unpaired) electrons. The van der Waals surface area contributed by atoms with Gasteiger partial charge in [-0.3, -0.25) is 0 Å². The van der Waals surface area contributed by atoms with Crippen LogP contribution < -0.4 is 0 Å². The second-order valence-corrected chi connectivity index (χ2v) is 7.58. The molecule has 0 aromatic carbocycles. The summed E-state index contributed by atoms with van der Waals surface area (Å²) in [5, 5.41) is 35.2. The molecule has 1 rings (SSSR count). The Morgan fingerprint density at radius 2 is 0.630 bits per heavy atom. The third kappa shape index (κ3) is 15.2. The van der Waals surface area contributed by atoms with Gasteiger partial charge in [0.25, 0.3) is 0 Å². The van der Waals surface area contributed by atoms with E-state index < -0.39 is 0 Å². The molecule has 156 valence electrons. The Bertz CT molecular complexity index is 395. The van der Waals surface area contributed by atoms with Crippen LogP contribution in [0.25, 0.3) is 0 Å². The van der Waals surface area contributed by atoms with Gasteiger partial charge >= 0.3 is 0 Å². The lowest BCUT2D eigenvalue weighted by molar-refractivity contribution is -0.455. The van der Waals surface area contributed by atoms with Crippen LogP contribution in [0.2, 0.25) is 0 Å². The summed E-state index contributed by atoms with van der Waals surface area (Å²) in [6, 6.07) is 0. The molecule has 0 saturated carbocycles. The molecular formula is C21H39N3O3. The molecule has 0 atom stereocenters. The lowest BCUT2D eigenvalue weighted by Gasteiger charge is -2.06. The highest BCUT2D eigenvalue weighted by atomic mass is 16.5. The van der Waals surface area contributed by atoms with Gasteiger partial charge in [0.2, 0.25) is 0 Å². The minimum absolute atomic E-state index is 0.568. The van der Waals surface area contributed by atoms with Crippen molar-refractivity contribution >= 4 is 18.6 Å². The van der Waals surface area contributed by atoms with E-state index in [-0.39, 0.29) is 0 Å². The quantitative estimate of drug-likeness (QED) is 0.454. The van der Waals surface area contributed by atoms with E-state index >= 15 is 0 Å². The lowest BCUT2D eigenvalue weighted by Crippen LogP contribution is -2.08. The van der Waals surface area contributed by atoms with Crippen LogP contribution in [0, 0.1) is 15.6 Å². The van der Waals surface area contributed by atoms with Gasteiger partial charge in [0, 0.05) is 38.5 Å². The summed E-state index contributed by atoms with van der Waals surface area (Å²) in [4.78, 5) is 0. The summed E-state index contributed by atoms with van der Waals surface area (Å²) in [7, 11) is 0. The summed E-state index contributed by atoms with van der Waals surface area (Å²) in [6.07, 6.45) is 19.9. The maximum atomic E-state index is 11.7. The van der Waals surface area contributed by atoms with E-state index in [2.05, 4.69) is 0 Å². The molecule has 0 amide bonds. The second-order valence-electron chi connectivity index (χ2n) is 7.58. The molecule has 0 N–H and O–H groups in total. The Kier molecular flexibility index (Phi) is 14.4. The zero-order valence-corrected chi connectivity index (χ0v) is 17.0. The van der Waals surface area contributed by atoms with Crippen molar-refractivity contribution in [1.29, 1.82) is 0 Å². The van der Waals surface area contributed by atoms with Crippen LogP contribution in [0.15, 0.2) is 0 Å². The van der Waals surface area contributed by atoms with Gasteiger partial charge in [-0.2, -0.15) is 0 Å². The number of rotatable bonds is 0. The van der Waals surface area contributed by atoms with Crippen molar-refractivity contribution in [2.45, 2.75) is 96.3 Å². The van der Waals surface area contributed by atoms with E-state index in [1.54, 1.807) is 18.6 Å². The van der Waals surface area contributed by atoms with Gasteiger partial charge in [-0.15, -0.1) is 0 Å². The SMILES string of the molecule is [O-]/[N+]1=C\CCCCCC/[N+]([O-])=C/CCCCCC/[N+]([O-])=C/CCCCCC1. The van der Waals surface area contributed by atoms with Gasteiger partial charge in [0.05, 0.1) is 0 Å². The third-order valence-corrected chi connectivity index (χ3v) is 5.00. The number of hydrogen-bond acceptors (Lipinski definition) is 3. The second kappa shape index (κ2) is 16.6. The van der Waals surface area contributed by atoms with Gasteiger partial charge in [-0.05, 0) is 38.5 Å². The van der Waals surface area contributed by atoms with Crippen molar-refractivity contribution in [2.24, 2.45) is 0 Å². The first-order valence-corrected chi connectivity index (χ1v) is 11.0. The summed E-state index contributed by atoms with van der Waals surface area (Å²) in [5.74, 6) is 0. The highest BCUT2D eigenvalue weighted by molar-refractivity contribution is 5.51. The van der Waals surface area contributed by atoms with Crippen LogP contribution in [0.4, 0.5) is 0 Å². The van der Waals surface area contributed by atoms with Crippen LogP contribution in [0.1, 0.15) is 96.3 Å². The Morgan fingerprint density at radius 1 is 0.370 bits per heavy atom. The average Bonchev–Trinajstić information content (AvgIpc) is 2.65. The van der Waals surface area contributed by atoms with Crippen molar-refractivity contribution < 1.29 is 14.2 Å². The van der Waals surface area contributed by atoms with E-state index in [9.17, 15) is 15.6 Å². The smallest absolute Gasteiger partial charge is 0.153 e. The number of hydrogen-bond donors (Lipinski definition) is 0. The Hall–Kier alpha value is -1.59. The molecule has 27 heavy (non-hydrogen) atoms. The van der Waals surface area contributed by atoms with Crippen LogP contribution in [0.5, 0.6) is 0 Å². The van der Waals surface area contributed by atoms with Crippen LogP contribution >= 0.6 is 0 Å². The molecule has 0 bridgehead atoms. The normalized spacial score (nSPS) is 27.8. The molecule has 1 aliphatic rings. The molecule has 1 heterocycles. The number of nitrogens with zero attached hydrogens (tertiary/aromatic N) is 3. The molecule has 1 aliphatic heterocycles. The van der Waals surface area contributed by atoms with E-state index in [1.165, 1.54) is 0 Å². The van der Waals surface area contributed by atoms with Gasteiger partial charge < -0.3 is 15.6 Å². The molecule has 0 spiro atoms. The molecule has 0 saturated heterocycles. The first-order chi connectivity index (χ1) is 13.2. The average molecular weight is 382 g/mol. The third-order valence-electron chi connectivity index (χ3n) is 5.00. The zero-order valence-electron chi connectivity index (χ0n) is 17.0. The van der Waals surface area contributed by atoms with E-state index in [0.717, 1.165) is 111 Å². The van der Waals surface area contributed by atoms with Crippen molar-refractivity contribution in [3.05, 3.63) is 15.6 Å². The summed E-state index contributed by atoms with van der Waals surface area (Å²) in [5.41, 5.74) is 0. The number of hydroxylamine groups is 3. The van der Waals surface area contributed by atoms with Crippen LogP contribution in [-0.2, 0) is 0 Å². The lowest BCUT2D eigenvalue weighted by atomic mass is 10.1. The van der Waals surface area contributed by atoms with Gasteiger partial charge in [-0.25, -0.2) is 14.2 Å². The van der Waals surface area contributed by atoms with Gasteiger partial charge in [0.1, 0.15) is 0 Å². The fourth-order valence-corrected chi connectivity index (χ4v) is 3.28. The van der Waals surface area contributed by atoms with Crippen molar-refractivity contribution in [3.63, 3.8) is 0 Å². The maximum Gasteiger partial charge on any atom is 0.153 e. The first-order valence-electron chi connectivity index (χ1n) is 11.0. The van der Waals surface area contributed by atoms with Crippen molar-refractivity contribution in [1.82, 2.24) is 0 Å². The highest BCUT2D eigenvalue weighted by Gasteiger charge is 2.00. The standard InChI is InChI=1S/C21H39N3O3/c25-22-16-10-4-1-5-11-17-23(26)19-13-7-3-9-15-21-24(27)20-14-8-2-6-12-18-22/h16,19-20H,1-15,17-18,21H2/b22-16-,23-19-,24-20-.